The van der Waals surface area contributed by atoms with Crippen molar-refractivity contribution in [3.63, 3.8) is 0 Å². The SMILES string of the molecule is CC1CNCCC1NC(=O)c1ccc(CN2CCCC2=O)cc1. The summed E-state index contributed by atoms with van der Waals surface area (Å²) in [7, 11) is 0. The van der Waals surface area contributed by atoms with E-state index in [4.69, 9.17) is 0 Å². The lowest BCUT2D eigenvalue weighted by Crippen LogP contribution is -2.48. The molecule has 124 valence electrons. The highest BCUT2D eigenvalue weighted by atomic mass is 16.2. The number of hydrogen-bond acceptors (Lipinski definition) is 3. The molecule has 23 heavy (non-hydrogen) atoms. The minimum Gasteiger partial charge on any atom is -0.349 e. The van der Waals surface area contributed by atoms with Crippen molar-refractivity contribution < 1.29 is 9.59 Å². The molecule has 2 saturated heterocycles. The van der Waals surface area contributed by atoms with Crippen LogP contribution in [0.2, 0.25) is 0 Å². The normalized spacial score (nSPS) is 24.7. The molecule has 5 heteroatoms. The number of nitrogens with zero attached hydrogens (tertiary/aromatic N) is 1. The Morgan fingerprint density at radius 1 is 1.35 bits per heavy atom. The molecular weight excluding hydrogens is 290 g/mol. The molecule has 0 radical (unpaired) electrons. The third-order valence-corrected chi connectivity index (χ3v) is 4.86. The van der Waals surface area contributed by atoms with Gasteiger partial charge in [0.2, 0.25) is 5.91 Å². The first kappa shape index (κ1) is 16.0. The fourth-order valence-electron chi connectivity index (χ4n) is 3.33. The molecule has 5 nitrogen and oxygen atoms in total. The van der Waals surface area contributed by atoms with Crippen molar-refractivity contribution >= 4 is 11.8 Å². The van der Waals surface area contributed by atoms with E-state index in [1.165, 1.54) is 0 Å². The molecule has 2 aliphatic rings. The first-order valence-electron chi connectivity index (χ1n) is 8.52. The fourth-order valence-corrected chi connectivity index (χ4v) is 3.33. The Kier molecular flexibility index (Phi) is 4.96. The highest BCUT2D eigenvalue weighted by Gasteiger charge is 2.23. The maximum Gasteiger partial charge on any atom is 0.251 e. The number of carbonyl (C=O) groups is 2. The number of nitrogens with one attached hydrogen (secondary N) is 2. The van der Waals surface area contributed by atoms with Crippen LogP contribution in [-0.2, 0) is 11.3 Å². The second kappa shape index (κ2) is 7.13. The average molecular weight is 315 g/mol. The molecule has 1 aromatic carbocycles. The lowest BCUT2D eigenvalue weighted by atomic mass is 9.95. The van der Waals surface area contributed by atoms with Gasteiger partial charge in [0.1, 0.15) is 0 Å². The number of hydrogen-bond donors (Lipinski definition) is 2. The lowest BCUT2D eigenvalue weighted by Gasteiger charge is -2.30. The summed E-state index contributed by atoms with van der Waals surface area (Å²) in [5.74, 6) is 0.674. The van der Waals surface area contributed by atoms with Crippen molar-refractivity contribution in [3.05, 3.63) is 35.4 Å². The first-order chi connectivity index (χ1) is 11.1. The van der Waals surface area contributed by atoms with Gasteiger partial charge in [0, 0.05) is 31.1 Å². The van der Waals surface area contributed by atoms with Gasteiger partial charge in [-0.05, 0) is 49.5 Å². The van der Waals surface area contributed by atoms with E-state index in [0.29, 0.717) is 24.4 Å². The molecule has 2 amide bonds. The zero-order valence-corrected chi connectivity index (χ0v) is 13.7. The topological polar surface area (TPSA) is 61.4 Å². The van der Waals surface area contributed by atoms with Crippen molar-refractivity contribution in [1.29, 1.82) is 0 Å². The third-order valence-electron chi connectivity index (χ3n) is 4.86. The van der Waals surface area contributed by atoms with E-state index < -0.39 is 0 Å². The maximum absolute atomic E-state index is 12.4. The van der Waals surface area contributed by atoms with E-state index in [9.17, 15) is 9.59 Å². The summed E-state index contributed by atoms with van der Waals surface area (Å²) in [6.45, 7) is 5.56. The second-order valence-electron chi connectivity index (χ2n) is 6.67. The summed E-state index contributed by atoms with van der Waals surface area (Å²) >= 11 is 0. The van der Waals surface area contributed by atoms with E-state index >= 15 is 0 Å². The molecule has 2 heterocycles. The molecule has 2 fully saturated rings. The highest BCUT2D eigenvalue weighted by molar-refractivity contribution is 5.94. The van der Waals surface area contributed by atoms with Gasteiger partial charge in [-0.15, -0.1) is 0 Å². The summed E-state index contributed by atoms with van der Waals surface area (Å²) in [6, 6.07) is 7.86. The zero-order chi connectivity index (χ0) is 16.2. The van der Waals surface area contributed by atoms with Gasteiger partial charge < -0.3 is 15.5 Å². The summed E-state index contributed by atoms with van der Waals surface area (Å²) in [5, 5.41) is 6.48. The number of amides is 2. The molecule has 3 rings (SSSR count). The van der Waals surface area contributed by atoms with Gasteiger partial charge in [-0.1, -0.05) is 19.1 Å². The van der Waals surface area contributed by atoms with Gasteiger partial charge in [0.15, 0.2) is 0 Å². The minimum absolute atomic E-state index is 0.00690. The zero-order valence-electron chi connectivity index (χ0n) is 13.7. The van der Waals surface area contributed by atoms with Crippen LogP contribution in [0.25, 0.3) is 0 Å². The lowest BCUT2D eigenvalue weighted by molar-refractivity contribution is -0.128. The van der Waals surface area contributed by atoms with E-state index in [-0.39, 0.29) is 17.9 Å². The molecule has 2 N–H and O–H groups in total. The summed E-state index contributed by atoms with van der Waals surface area (Å²) < 4.78 is 0. The van der Waals surface area contributed by atoms with E-state index in [1.807, 2.05) is 29.2 Å². The predicted octanol–water partition coefficient (Wildman–Crippen LogP) is 1.54. The van der Waals surface area contributed by atoms with E-state index in [1.54, 1.807) is 0 Å². The molecule has 0 aliphatic carbocycles. The summed E-state index contributed by atoms with van der Waals surface area (Å²) in [4.78, 5) is 25.9. The van der Waals surface area contributed by atoms with Gasteiger partial charge in [-0.25, -0.2) is 0 Å². The van der Waals surface area contributed by atoms with E-state index in [2.05, 4.69) is 17.6 Å². The number of piperidine rings is 1. The molecular formula is C18H25N3O2. The molecule has 0 saturated carbocycles. The molecule has 0 bridgehead atoms. The third kappa shape index (κ3) is 3.91. The molecule has 0 spiro atoms. The minimum atomic E-state index is -0.00690. The number of rotatable bonds is 4. The molecule has 2 unspecified atom stereocenters. The summed E-state index contributed by atoms with van der Waals surface area (Å²) in [5.41, 5.74) is 1.76. The van der Waals surface area contributed by atoms with Crippen LogP contribution in [0.3, 0.4) is 0 Å². The Hall–Kier alpha value is -1.88. The Bertz CT molecular complexity index is 570. The quantitative estimate of drug-likeness (QED) is 0.886. The highest BCUT2D eigenvalue weighted by Crippen LogP contribution is 2.15. The van der Waals surface area contributed by atoms with Gasteiger partial charge in [-0.3, -0.25) is 9.59 Å². The standard InChI is InChI=1S/C18H25N3O2/c1-13-11-19-9-8-16(13)20-18(23)15-6-4-14(5-7-15)12-21-10-2-3-17(21)22/h4-7,13,16,19H,2-3,8-12H2,1H3,(H,20,23). The van der Waals surface area contributed by atoms with Crippen molar-refractivity contribution in [3.8, 4) is 0 Å². The van der Waals surface area contributed by atoms with Crippen LogP contribution < -0.4 is 10.6 Å². The number of benzene rings is 1. The van der Waals surface area contributed by atoms with Gasteiger partial charge in [-0.2, -0.15) is 0 Å². The Balaban J connectivity index is 1.57. The van der Waals surface area contributed by atoms with Crippen LogP contribution in [0.4, 0.5) is 0 Å². The summed E-state index contributed by atoms with van der Waals surface area (Å²) in [6.07, 6.45) is 2.59. The van der Waals surface area contributed by atoms with Crippen molar-refractivity contribution in [2.24, 2.45) is 5.92 Å². The smallest absolute Gasteiger partial charge is 0.251 e. The van der Waals surface area contributed by atoms with Crippen LogP contribution in [0.15, 0.2) is 24.3 Å². The van der Waals surface area contributed by atoms with Gasteiger partial charge in [0.25, 0.3) is 5.91 Å². The average Bonchev–Trinajstić information content (AvgIpc) is 2.95. The molecule has 2 atom stereocenters. The monoisotopic (exact) mass is 315 g/mol. The molecule has 0 aromatic heterocycles. The second-order valence-corrected chi connectivity index (χ2v) is 6.67. The van der Waals surface area contributed by atoms with Crippen molar-refractivity contribution in [2.45, 2.75) is 38.8 Å². The van der Waals surface area contributed by atoms with E-state index in [0.717, 1.165) is 38.0 Å². The van der Waals surface area contributed by atoms with Gasteiger partial charge >= 0.3 is 0 Å². The fraction of sp³-hybridized carbons (Fsp3) is 0.556. The Labute approximate surface area is 137 Å². The number of likely N-dealkylation sites (tertiary alicyclic amines) is 1. The van der Waals surface area contributed by atoms with Crippen LogP contribution in [0, 0.1) is 5.92 Å². The Morgan fingerprint density at radius 2 is 2.13 bits per heavy atom. The Morgan fingerprint density at radius 3 is 2.78 bits per heavy atom. The van der Waals surface area contributed by atoms with Crippen molar-refractivity contribution in [2.75, 3.05) is 19.6 Å². The predicted molar refractivity (Wildman–Crippen MR) is 89.0 cm³/mol. The van der Waals surface area contributed by atoms with Gasteiger partial charge in [0.05, 0.1) is 0 Å². The largest absolute Gasteiger partial charge is 0.349 e. The maximum atomic E-state index is 12.4. The van der Waals surface area contributed by atoms with Crippen LogP contribution >= 0.6 is 0 Å². The number of carbonyl (C=O) groups excluding carboxylic acids is 2. The molecule has 1 aromatic rings. The van der Waals surface area contributed by atoms with Crippen LogP contribution in [0.5, 0.6) is 0 Å². The van der Waals surface area contributed by atoms with Crippen LogP contribution in [-0.4, -0.2) is 42.4 Å². The van der Waals surface area contributed by atoms with Crippen LogP contribution in [0.1, 0.15) is 42.1 Å². The molecule has 2 aliphatic heterocycles. The van der Waals surface area contributed by atoms with Crippen molar-refractivity contribution in [1.82, 2.24) is 15.5 Å². The first-order valence-corrected chi connectivity index (χ1v) is 8.52.